The van der Waals surface area contributed by atoms with Crippen LogP contribution in [0, 0.1) is 0 Å². The molecule has 0 atom stereocenters. The normalized spacial score (nSPS) is 10.6. The van der Waals surface area contributed by atoms with Gasteiger partial charge in [-0.25, -0.2) is 0 Å². The first kappa shape index (κ1) is 14.0. The van der Waals surface area contributed by atoms with Crippen LogP contribution in [0.15, 0.2) is 78.9 Å². The van der Waals surface area contributed by atoms with Crippen molar-refractivity contribution in [3.05, 3.63) is 90.0 Å². The van der Waals surface area contributed by atoms with E-state index in [9.17, 15) is 10.2 Å². The zero-order chi connectivity index (χ0) is 15.4. The van der Waals surface area contributed by atoms with Gasteiger partial charge in [-0.3, -0.25) is 0 Å². The monoisotopic (exact) mass is 291 g/mol. The van der Waals surface area contributed by atoms with Crippen LogP contribution in [0.25, 0.3) is 0 Å². The molecule has 3 rings (SSSR count). The fourth-order valence-electron chi connectivity index (χ4n) is 2.45. The number of aromatic hydroxyl groups is 2. The zero-order valence-corrected chi connectivity index (χ0v) is 12.0. The predicted octanol–water partition coefficient (Wildman–Crippen LogP) is 4.30. The Morgan fingerprint density at radius 3 is 1.77 bits per heavy atom. The van der Waals surface area contributed by atoms with E-state index in [-0.39, 0.29) is 17.5 Å². The molecule has 0 aliphatic rings. The Labute approximate surface area is 129 Å². The van der Waals surface area contributed by atoms with Gasteiger partial charge in [0.1, 0.15) is 11.5 Å². The highest BCUT2D eigenvalue weighted by molar-refractivity contribution is 5.61. The maximum atomic E-state index is 10.0. The van der Waals surface area contributed by atoms with Crippen molar-refractivity contribution >= 4 is 5.69 Å². The number of phenolic OH excluding ortho intramolecular Hbond substituents is 2. The van der Waals surface area contributed by atoms with Gasteiger partial charge in [-0.2, -0.15) is 0 Å². The highest BCUT2D eigenvalue weighted by Gasteiger charge is 2.15. The van der Waals surface area contributed by atoms with Gasteiger partial charge < -0.3 is 15.5 Å². The molecule has 0 aliphatic carbocycles. The summed E-state index contributed by atoms with van der Waals surface area (Å²) in [7, 11) is 0. The van der Waals surface area contributed by atoms with Crippen molar-refractivity contribution in [3.63, 3.8) is 0 Å². The first-order valence-corrected chi connectivity index (χ1v) is 7.12. The van der Waals surface area contributed by atoms with Crippen LogP contribution in [0.1, 0.15) is 17.2 Å². The van der Waals surface area contributed by atoms with Crippen LogP contribution in [0.3, 0.4) is 0 Å². The Bertz CT molecular complexity index is 702. The molecule has 0 aromatic heterocycles. The number of phenols is 2. The van der Waals surface area contributed by atoms with E-state index in [0.29, 0.717) is 5.69 Å². The van der Waals surface area contributed by atoms with Gasteiger partial charge in [0, 0.05) is 6.07 Å². The van der Waals surface area contributed by atoms with Crippen molar-refractivity contribution < 1.29 is 10.2 Å². The van der Waals surface area contributed by atoms with Crippen LogP contribution in [0.5, 0.6) is 11.5 Å². The first-order valence-electron chi connectivity index (χ1n) is 7.12. The number of hydrogen-bond donors (Lipinski definition) is 3. The molecule has 3 heteroatoms. The van der Waals surface area contributed by atoms with Crippen LogP contribution in [-0.2, 0) is 0 Å². The lowest BCUT2D eigenvalue weighted by Gasteiger charge is -2.21. The fourth-order valence-corrected chi connectivity index (χ4v) is 2.45. The van der Waals surface area contributed by atoms with Crippen LogP contribution in [0.2, 0.25) is 0 Å². The third-order valence-electron chi connectivity index (χ3n) is 3.55. The van der Waals surface area contributed by atoms with Gasteiger partial charge in [0.05, 0.1) is 11.7 Å². The summed E-state index contributed by atoms with van der Waals surface area (Å²) < 4.78 is 0. The molecule has 3 nitrogen and oxygen atoms in total. The summed E-state index contributed by atoms with van der Waals surface area (Å²) in [6.07, 6.45) is 0. The minimum absolute atomic E-state index is 0.106. The van der Waals surface area contributed by atoms with Crippen molar-refractivity contribution in [1.82, 2.24) is 0 Å². The summed E-state index contributed by atoms with van der Waals surface area (Å²) >= 11 is 0. The molecule has 0 heterocycles. The van der Waals surface area contributed by atoms with Gasteiger partial charge in [-0.05, 0) is 23.3 Å². The van der Waals surface area contributed by atoms with Crippen molar-refractivity contribution in [2.75, 3.05) is 5.32 Å². The molecule has 0 radical (unpaired) electrons. The van der Waals surface area contributed by atoms with Gasteiger partial charge in [0.15, 0.2) is 0 Å². The quantitative estimate of drug-likeness (QED) is 0.496. The summed E-state index contributed by atoms with van der Waals surface area (Å²) in [5.41, 5.74) is 2.66. The van der Waals surface area contributed by atoms with E-state index in [1.165, 1.54) is 18.2 Å². The largest absolute Gasteiger partial charge is 0.508 e. The van der Waals surface area contributed by atoms with Crippen molar-refractivity contribution in [2.24, 2.45) is 0 Å². The molecule has 0 spiro atoms. The van der Waals surface area contributed by atoms with Crippen LogP contribution < -0.4 is 5.32 Å². The summed E-state index contributed by atoms with van der Waals surface area (Å²) in [6.45, 7) is 0. The smallest absolute Gasteiger partial charge is 0.138 e. The van der Waals surface area contributed by atoms with Gasteiger partial charge in [0.25, 0.3) is 0 Å². The number of rotatable bonds is 4. The standard InChI is InChI=1S/C19H17NO2/c21-16-11-12-18(22)17(13-16)20-19(14-7-3-1-4-8-14)15-9-5-2-6-10-15/h1-13,19-22H. The van der Waals surface area contributed by atoms with Crippen LogP contribution in [0.4, 0.5) is 5.69 Å². The molecule has 3 aromatic rings. The molecule has 0 saturated heterocycles. The van der Waals surface area contributed by atoms with E-state index < -0.39 is 0 Å². The molecule has 0 unspecified atom stereocenters. The Kier molecular flexibility index (Phi) is 3.97. The Hall–Kier alpha value is -2.94. The molecule has 0 aliphatic heterocycles. The van der Waals surface area contributed by atoms with Crippen LogP contribution in [-0.4, -0.2) is 10.2 Å². The molecule has 0 bridgehead atoms. The van der Waals surface area contributed by atoms with E-state index in [4.69, 9.17) is 0 Å². The molecule has 0 fully saturated rings. The Morgan fingerprint density at radius 2 is 1.23 bits per heavy atom. The van der Waals surface area contributed by atoms with E-state index in [1.54, 1.807) is 0 Å². The second kappa shape index (κ2) is 6.22. The van der Waals surface area contributed by atoms with Crippen LogP contribution >= 0.6 is 0 Å². The van der Waals surface area contributed by atoms with Crippen molar-refractivity contribution in [2.45, 2.75) is 6.04 Å². The highest BCUT2D eigenvalue weighted by Crippen LogP contribution is 2.33. The fraction of sp³-hybridized carbons (Fsp3) is 0.0526. The number of hydrogen-bond acceptors (Lipinski definition) is 3. The minimum atomic E-state index is -0.116. The summed E-state index contributed by atoms with van der Waals surface area (Å²) in [5.74, 6) is 0.217. The minimum Gasteiger partial charge on any atom is -0.508 e. The molecule has 0 saturated carbocycles. The summed E-state index contributed by atoms with van der Waals surface area (Å²) in [4.78, 5) is 0. The molecule has 0 amide bonds. The van der Waals surface area contributed by atoms with E-state index >= 15 is 0 Å². The summed E-state index contributed by atoms with van der Waals surface area (Å²) in [5, 5.41) is 23.0. The van der Waals surface area contributed by atoms with Gasteiger partial charge in [0.2, 0.25) is 0 Å². The average molecular weight is 291 g/mol. The molecule has 110 valence electrons. The Balaban J connectivity index is 2.01. The van der Waals surface area contributed by atoms with Gasteiger partial charge in [-0.15, -0.1) is 0 Å². The van der Waals surface area contributed by atoms with Crippen molar-refractivity contribution in [1.29, 1.82) is 0 Å². The molecule has 22 heavy (non-hydrogen) atoms. The number of benzene rings is 3. The third-order valence-corrected chi connectivity index (χ3v) is 3.55. The predicted molar refractivity (Wildman–Crippen MR) is 88.1 cm³/mol. The zero-order valence-electron chi connectivity index (χ0n) is 12.0. The third kappa shape index (κ3) is 3.04. The molecular formula is C19H17NO2. The van der Waals surface area contributed by atoms with E-state index in [2.05, 4.69) is 5.32 Å². The highest BCUT2D eigenvalue weighted by atomic mass is 16.3. The van der Waals surface area contributed by atoms with Gasteiger partial charge in [-0.1, -0.05) is 60.7 Å². The van der Waals surface area contributed by atoms with Gasteiger partial charge >= 0.3 is 0 Å². The average Bonchev–Trinajstić information content (AvgIpc) is 2.57. The molecule has 3 N–H and O–H groups in total. The maximum absolute atomic E-state index is 10.0. The van der Waals surface area contributed by atoms with Crippen molar-refractivity contribution in [3.8, 4) is 11.5 Å². The Morgan fingerprint density at radius 1 is 0.682 bits per heavy atom. The second-order valence-corrected chi connectivity index (χ2v) is 5.10. The topological polar surface area (TPSA) is 52.5 Å². The molecular weight excluding hydrogens is 274 g/mol. The second-order valence-electron chi connectivity index (χ2n) is 5.10. The lowest BCUT2D eigenvalue weighted by molar-refractivity contribution is 0.461. The SMILES string of the molecule is Oc1ccc(O)c(NC(c2ccccc2)c2ccccc2)c1. The number of anilines is 1. The summed E-state index contributed by atoms with van der Waals surface area (Å²) in [6, 6.07) is 24.3. The van der Waals surface area contributed by atoms with E-state index in [0.717, 1.165) is 11.1 Å². The first-order chi connectivity index (χ1) is 10.7. The lowest BCUT2D eigenvalue weighted by atomic mass is 9.98. The molecule has 3 aromatic carbocycles. The maximum Gasteiger partial charge on any atom is 0.138 e. The lowest BCUT2D eigenvalue weighted by Crippen LogP contribution is -2.12. The van der Waals surface area contributed by atoms with E-state index in [1.807, 2.05) is 60.7 Å². The number of nitrogens with one attached hydrogen (secondary N) is 1.